The van der Waals surface area contributed by atoms with Gasteiger partial charge in [0, 0.05) is 23.6 Å². The van der Waals surface area contributed by atoms with Crippen molar-refractivity contribution in [3.63, 3.8) is 0 Å². The van der Waals surface area contributed by atoms with Crippen LogP contribution < -0.4 is 5.73 Å². The maximum Gasteiger partial charge on any atom is 0.0701 e. The van der Waals surface area contributed by atoms with E-state index in [9.17, 15) is 0 Å². The molecule has 14 heavy (non-hydrogen) atoms. The topological polar surface area (TPSA) is 35.2 Å². The van der Waals surface area contributed by atoms with Crippen LogP contribution in [0, 0.1) is 0 Å². The molecule has 0 unspecified atom stereocenters. The monoisotopic (exact) mass is 275 g/mol. The van der Waals surface area contributed by atoms with Gasteiger partial charge >= 0.3 is 0 Å². The SMILES string of the molecule is NC1(Cc2ccc(Br)s2)CCOCC1. The lowest BCUT2D eigenvalue weighted by atomic mass is 9.87. The molecule has 0 spiro atoms. The van der Waals surface area contributed by atoms with E-state index in [4.69, 9.17) is 10.5 Å². The fourth-order valence-corrected chi connectivity index (χ4v) is 3.39. The molecule has 1 aromatic rings. The van der Waals surface area contributed by atoms with E-state index < -0.39 is 0 Å². The Balaban J connectivity index is 2.01. The maximum atomic E-state index is 6.31. The van der Waals surface area contributed by atoms with Crippen LogP contribution in [0.25, 0.3) is 0 Å². The fourth-order valence-electron chi connectivity index (χ4n) is 1.75. The van der Waals surface area contributed by atoms with E-state index in [0.717, 1.165) is 32.5 Å². The Morgan fingerprint density at radius 2 is 2.14 bits per heavy atom. The van der Waals surface area contributed by atoms with Gasteiger partial charge in [-0.15, -0.1) is 11.3 Å². The van der Waals surface area contributed by atoms with E-state index in [2.05, 4.69) is 28.1 Å². The Labute approximate surface area is 96.6 Å². The third kappa shape index (κ3) is 2.57. The van der Waals surface area contributed by atoms with Gasteiger partial charge in [0.1, 0.15) is 0 Å². The Morgan fingerprint density at radius 3 is 2.71 bits per heavy atom. The molecular weight excluding hydrogens is 262 g/mol. The molecule has 1 aromatic heterocycles. The van der Waals surface area contributed by atoms with E-state index >= 15 is 0 Å². The van der Waals surface area contributed by atoms with Crippen molar-refractivity contribution < 1.29 is 4.74 Å². The van der Waals surface area contributed by atoms with Crippen LogP contribution in [0.3, 0.4) is 0 Å². The number of hydrogen-bond donors (Lipinski definition) is 1. The zero-order chi connectivity index (χ0) is 10.0. The maximum absolute atomic E-state index is 6.31. The van der Waals surface area contributed by atoms with Crippen LogP contribution in [0.1, 0.15) is 17.7 Å². The second-order valence-corrected chi connectivity index (χ2v) is 6.40. The van der Waals surface area contributed by atoms with E-state index in [1.807, 2.05) is 0 Å². The molecule has 0 aliphatic carbocycles. The third-order valence-corrected chi connectivity index (χ3v) is 4.27. The predicted octanol–water partition coefficient (Wildman–Crippen LogP) is 2.56. The molecule has 2 rings (SSSR count). The third-order valence-electron chi connectivity index (χ3n) is 2.64. The quantitative estimate of drug-likeness (QED) is 0.901. The highest BCUT2D eigenvalue weighted by atomic mass is 79.9. The van der Waals surface area contributed by atoms with Crippen LogP contribution in [-0.2, 0) is 11.2 Å². The molecule has 1 saturated heterocycles. The molecule has 0 bridgehead atoms. The smallest absolute Gasteiger partial charge is 0.0701 e. The van der Waals surface area contributed by atoms with Crippen molar-refractivity contribution in [2.24, 2.45) is 5.73 Å². The first-order valence-electron chi connectivity index (χ1n) is 4.79. The Kier molecular flexibility index (Phi) is 3.27. The molecule has 78 valence electrons. The zero-order valence-electron chi connectivity index (χ0n) is 7.96. The van der Waals surface area contributed by atoms with Crippen LogP contribution in [-0.4, -0.2) is 18.8 Å². The van der Waals surface area contributed by atoms with Crippen molar-refractivity contribution in [2.45, 2.75) is 24.8 Å². The molecule has 0 radical (unpaired) electrons. The molecule has 0 aromatic carbocycles. The minimum absolute atomic E-state index is 0.0391. The number of rotatable bonds is 2. The highest BCUT2D eigenvalue weighted by molar-refractivity contribution is 9.11. The summed E-state index contributed by atoms with van der Waals surface area (Å²) >= 11 is 5.24. The van der Waals surface area contributed by atoms with Gasteiger partial charge in [0.15, 0.2) is 0 Å². The minimum Gasteiger partial charge on any atom is -0.381 e. The van der Waals surface area contributed by atoms with E-state index in [1.165, 1.54) is 8.66 Å². The molecule has 4 heteroatoms. The van der Waals surface area contributed by atoms with Gasteiger partial charge in [0.25, 0.3) is 0 Å². The molecule has 2 heterocycles. The summed E-state index contributed by atoms with van der Waals surface area (Å²) < 4.78 is 6.51. The number of ether oxygens (including phenoxy) is 1. The molecule has 0 saturated carbocycles. The van der Waals surface area contributed by atoms with Gasteiger partial charge in [-0.3, -0.25) is 0 Å². The summed E-state index contributed by atoms with van der Waals surface area (Å²) in [6.07, 6.45) is 2.93. The summed E-state index contributed by atoms with van der Waals surface area (Å²) in [5.41, 5.74) is 6.27. The van der Waals surface area contributed by atoms with Crippen molar-refractivity contribution in [1.82, 2.24) is 0 Å². The second-order valence-electron chi connectivity index (χ2n) is 3.86. The van der Waals surface area contributed by atoms with Crippen LogP contribution in [0.4, 0.5) is 0 Å². The summed E-state index contributed by atoms with van der Waals surface area (Å²) in [5.74, 6) is 0. The van der Waals surface area contributed by atoms with Gasteiger partial charge in [0.05, 0.1) is 3.79 Å². The number of thiophene rings is 1. The van der Waals surface area contributed by atoms with Crippen molar-refractivity contribution >= 4 is 27.3 Å². The van der Waals surface area contributed by atoms with Crippen LogP contribution in [0.5, 0.6) is 0 Å². The van der Waals surface area contributed by atoms with Crippen molar-refractivity contribution in [3.8, 4) is 0 Å². The number of nitrogens with two attached hydrogens (primary N) is 1. The highest BCUT2D eigenvalue weighted by Gasteiger charge is 2.28. The molecule has 2 N–H and O–H groups in total. The first kappa shape index (κ1) is 10.6. The molecule has 1 fully saturated rings. The summed E-state index contributed by atoms with van der Waals surface area (Å²) in [6.45, 7) is 1.62. The summed E-state index contributed by atoms with van der Waals surface area (Å²) in [7, 11) is 0. The Bertz CT molecular complexity index is 307. The minimum atomic E-state index is -0.0391. The molecule has 2 nitrogen and oxygen atoms in total. The van der Waals surface area contributed by atoms with Crippen molar-refractivity contribution in [3.05, 3.63) is 20.8 Å². The lowest BCUT2D eigenvalue weighted by Crippen LogP contribution is -2.46. The zero-order valence-corrected chi connectivity index (χ0v) is 10.4. The molecular formula is C10H14BrNOS. The van der Waals surface area contributed by atoms with Crippen LogP contribution in [0.2, 0.25) is 0 Å². The molecule has 1 aliphatic rings. The lowest BCUT2D eigenvalue weighted by molar-refractivity contribution is 0.0536. The first-order valence-corrected chi connectivity index (χ1v) is 6.40. The fraction of sp³-hybridized carbons (Fsp3) is 0.600. The normalized spacial score (nSPS) is 21.0. The summed E-state index contributed by atoms with van der Waals surface area (Å²) in [6, 6.07) is 4.24. The van der Waals surface area contributed by atoms with Gasteiger partial charge in [0.2, 0.25) is 0 Å². The molecule has 0 atom stereocenters. The van der Waals surface area contributed by atoms with Gasteiger partial charge in [-0.05, 0) is 47.3 Å². The van der Waals surface area contributed by atoms with Gasteiger partial charge in [-0.2, -0.15) is 0 Å². The van der Waals surface area contributed by atoms with Gasteiger partial charge < -0.3 is 10.5 Å². The van der Waals surface area contributed by atoms with E-state index in [0.29, 0.717) is 0 Å². The van der Waals surface area contributed by atoms with Crippen LogP contribution in [0.15, 0.2) is 15.9 Å². The molecule has 1 aliphatic heterocycles. The first-order chi connectivity index (χ1) is 6.68. The largest absolute Gasteiger partial charge is 0.381 e. The average Bonchev–Trinajstić information content (AvgIpc) is 2.51. The van der Waals surface area contributed by atoms with E-state index in [-0.39, 0.29) is 5.54 Å². The Morgan fingerprint density at radius 1 is 1.43 bits per heavy atom. The van der Waals surface area contributed by atoms with E-state index in [1.54, 1.807) is 11.3 Å². The average molecular weight is 276 g/mol. The molecule has 0 amide bonds. The summed E-state index contributed by atoms with van der Waals surface area (Å²) in [5, 5.41) is 0. The van der Waals surface area contributed by atoms with Crippen LogP contribution >= 0.6 is 27.3 Å². The Hall–Kier alpha value is 0.1000. The predicted molar refractivity (Wildman–Crippen MR) is 62.7 cm³/mol. The number of hydrogen-bond acceptors (Lipinski definition) is 3. The second kappa shape index (κ2) is 4.31. The summed E-state index contributed by atoms with van der Waals surface area (Å²) in [4.78, 5) is 1.36. The van der Waals surface area contributed by atoms with Gasteiger partial charge in [-0.25, -0.2) is 0 Å². The lowest BCUT2D eigenvalue weighted by Gasteiger charge is -2.32. The van der Waals surface area contributed by atoms with Crippen molar-refractivity contribution in [2.75, 3.05) is 13.2 Å². The van der Waals surface area contributed by atoms with Gasteiger partial charge in [-0.1, -0.05) is 0 Å². The van der Waals surface area contributed by atoms with Crippen molar-refractivity contribution in [1.29, 1.82) is 0 Å². The standard InChI is InChI=1S/C10H14BrNOS/c11-9-2-1-8(14-9)7-10(12)3-5-13-6-4-10/h1-2H,3-7,12H2. The number of halogens is 1. The highest BCUT2D eigenvalue weighted by Crippen LogP contribution is 2.28.